The van der Waals surface area contributed by atoms with Crippen LogP contribution in [0.15, 0.2) is 46.9 Å². The molecule has 0 spiro atoms. The molecule has 0 unspecified atom stereocenters. The third-order valence-electron chi connectivity index (χ3n) is 3.86. The molecule has 0 fully saturated rings. The fourth-order valence-corrected chi connectivity index (χ4v) is 3.05. The van der Waals surface area contributed by atoms with E-state index < -0.39 is 11.7 Å². The highest BCUT2D eigenvalue weighted by molar-refractivity contribution is 9.10. The highest BCUT2D eigenvalue weighted by Crippen LogP contribution is 2.16. The lowest BCUT2D eigenvalue weighted by Gasteiger charge is -2.09. The largest absolute Gasteiger partial charge is 0.352 e. The van der Waals surface area contributed by atoms with Gasteiger partial charge < -0.3 is 9.88 Å². The van der Waals surface area contributed by atoms with Gasteiger partial charge in [0, 0.05) is 17.6 Å². The quantitative estimate of drug-likeness (QED) is 0.668. The molecule has 0 radical (unpaired) electrons. The van der Waals surface area contributed by atoms with Crippen LogP contribution < -0.4 is 5.32 Å². The second kappa shape index (κ2) is 7.13. The molecular weight excluding hydrogens is 373 g/mol. The molecule has 124 valence electrons. The number of nitrogens with one attached hydrogen (secondary N) is 1. The maximum Gasteiger partial charge on any atom is 0.254 e. The van der Waals surface area contributed by atoms with E-state index in [9.17, 15) is 9.18 Å². The summed E-state index contributed by atoms with van der Waals surface area (Å²) in [4.78, 5) is 16.6. The fraction of sp³-hybridized carbons (Fsp3) is 0.222. The summed E-state index contributed by atoms with van der Waals surface area (Å²) in [5.74, 6) is 0.0220. The first-order valence-electron chi connectivity index (χ1n) is 7.71. The summed E-state index contributed by atoms with van der Waals surface area (Å²) in [5, 5.41) is 2.76. The van der Waals surface area contributed by atoms with Gasteiger partial charge in [0.2, 0.25) is 0 Å². The highest BCUT2D eigenvalue weighted by Gasteiger charge is 2.12. The minimum absolute atomic E-state index is 0.0497. The molecule has 0 saturated heterocycles. The van der Waals surface area contributed by atoms with Gasteiger partial charge in [0.1, 0.15) is 11.6 Å². The van der Waals surface area contributed by atoms with Crippen LogP contribution in [0, 0.1) is 12.7 Å². The van der Waals surface area contributed by atoms with Crippen molar-refractivity contribution in [3.05, 3.63) is 64.1 Å². The van der Waals surface area contributed by atoms with E-state index in [4.69, 9.17) is 0 Å². The zero-order valence-electron chi connectivity index (χ0n) is 13.2. The molecule has 1 heterocycles. The van der Waals surface area contributed by atoms with Crippen LogP contribution in [-0.4, -0.2) is 22.0 Å². The first-order chi connectivity index (χ1) is 11.6. The van der Waals surface area contributed by atoms with Gasteiger partial charge in [-0.15, -0.1) is 0 Å². The molecule has 3 aromatic rings. The smallest absolute Gasteiger partial charge is 0.254 e. The van der Waals surface area contributed by atoms with E-state index in [0.717, 1.165) is 29.8 Å². The third-order valence-corrected chi connectivity index (χ3v) is 4.36. The number of hydrogen-bond donors (Lipinski definition) is 1. The lowest BCUT2D eigenvalue weighted by Crippen LogP contribution is -2.26. The van der Waals surface area contributed by atoms with Crippen LogP contribution in [-0.2, 0) is 6.54 Å². The monoisotopic (exact) mass is 389 g/mol. The van der Waals surface area contributed by atoms with Gasteiger partial charge in [-0.25, -0.2) is 9.37 Å². The Hall–Kier alpha value is -2.21. The summed E-state index contributed by atoms with van der Waals surface area (Å²) in [5.41, 5.74) is 2.10. The van der Waals surface area contributed by atoms with E-state index in [1.54, 1.807) is 6.07 Å². The highest BCUT2D eigenvalue weighted by atomic mass is 79.9. The molecule has 0 atom stereocenters. The van der Waals surface area contributed by atoms with Gasteiger partial charge in [-0.1, -0.05) is 28.1 Å². The third kappa shape index (κ3) is 3.48. The number of aromatic nitrogens is 2. The number of para-hydroxylation sites is 2. The fourth-order valence-electron chi connectivity index (χ4n) is 2.68. The number of amides is 1. The predicted octanol–water partition coefficient (Wildman–Crippen LogP) is 4.07. The molecule has 0 aliphatic rings. The maximum atomic E-state index is 13.7. The summed E-state index contributed by atoms with van der Waals surface area (Å²) >= 11 is 3.25. The van der Waals surface area contributed by atoms with Crippen molar-refractivity contribution in [2.75, 3.05) is 6.54 Å². The lowest BCUT2D eigenvalue weighted by molar-refractivity contribution is 0.0948. The number of rotatable bonds is 5. The lowest BCUT2D eigenvalue weighted by atomic mass is 10.2. The first-order valence-corrected chi connectivity index (χ1v) is 8.50. The Labute approximate surface area is 147 Å². The number of halogens is 2. The average molecular weight is 390 g/mol. The van der Waals surface area contributed by atoms with Gasteiger partial charge in [-0.2, -0.15) is 0 Å². The molecule has 0 aliphatic heterocycles. The number of benzene rings is 2. The van der Waals surface area contributed by atoms with E-state index in [1.807, 2.05) is 31.2 Å². The molecule has 4 nitrogen and oxygen atoms in total. The van der Waals surface area contributed by atoms with E-state index >= 15 is 0 Å². The zero-order valence-corrected chi connectivity index (χ0v) is 14.8. The van der Waals surface area contributed by atoms with Crippen molar-refractivity contribution in [1.82, 2.24) is 14.9 Å². The number of carbonyl (C=O) groups is 1. The van der Waals surface area contributed by atoms with Gasteiger partial charge >= 0.3 is 0 Å². The van der Waals surface area contributed by atoms with Gasteiger partial charge in [-0.3, -0.25) is 4.79 Å². The van der Waals surface area contributed by atoms with Crippen LogP contribution in [0.25, 0.3) is 11.0 Å². The minimum atomic E-state index is -0.521. The molecule has 0 saturated carbocycles. The number of imidazole rings is 1. The zero-order chi connectivity index (χ0) is 17.1. The SMILES string of the molecule is Cc1nc2ccccc2n1CCCNC(=O)c1cc(Br)ccc1F. The molecule has 24 heavy (non-hydrogen) atoms. The Kier molecular flexibility index (Phi) is 4.94. The van der Waals surface area contributed by atoms with Crippen LogP contribution in [0.3, 0.4) is 0 Å². The van der Waals surface area contributed by atoms with Gasteiger partial charge in [-0.05, 0) is 43.7 Å². The van der Waals surface area contributed by atoms with Crippen molar-refractivity contribution in [2.45, 2.75) is 19.9 Å². The number of fused-ring (bicyclic) bond motifs is 1. The molecular formula is C18H17BrFN3O. The molecule has 0 aliphatic carbocycles. The van der Waals surface area contributed by atoms with Gasteiger partial charge in [0.25, 0.3) is 5.91 Å². The Balaban J connectivity index is 1.60. The Bertz CT molecular complexity index is 891. The molecule has 1 N–H and O–H groups in total. The summed E-state index contributed by atoms with van der Waals surface area (Å²) in [6.07, 6.45) is 0.739. The second-order valence-corrected chi connectivity index (χ2v) is 6.45. The molecule has 0 bridgehead atoms. The number of hydrogen-bond acceptors (Lipinski definition) is 2. The van der Waals surface area contributed by atoms with Crippen LogP contribution in [0.1, 0.15) is 22.6 Å². The molecule has 3 rings (SSSR count). The first kappa shape index (κ1) is 16.6. The predicted molar refractivity (Wildman–Crippen MR) is 95.5 cm³/mol. The Morgan fingerprint density at radius 2 is 2.08 bits per heavy atom. The average Bonchev–Trinajstić information content (AvgIpc) is 2.89. The normalized spacial score (nSPS) is 11.0. The molecule has 6 heteroatoms. The van der Waals surface area contributed by atoms with Crippen molar-refractivity contribution < 1.29 is 9.18 Å². The number of carbonyl (C=O) groups excluding carboxylic acids is 1. The molecule has 1 aromatic heterocycles. The minimum Gasteiger partial charge on any atom is -0.352 e. The van der Waals surface area contributed by atoms with Crippen molar-refractivity contribution >= 4 is 32.9 Å². The molecule has 1 amide bonds. The van der Waals surface area contributed by atoms with Gasteiger partial charge in [0.05, 0.1) is 16.6 Å². The second-order valence-electron chi connectivity index (χ2n) is 5.53. The Morgan fingerprint density at radius 1 is 1.29 bits per heavy atom. The summed E-state index contributed by atoms with van der Waals surface area (Å²) in [7, 11) is 0. The van der Waals surface area contributed by atoms with Crippen molar-refractivity contribution in [3.63, 3.8) is 0 Å². The van der Waals surface area contributed by atoms with Crippen molar-refractivity contribution in [1.29, 1.82) is 0 Å². The van der Waals surface area contributed by atoms with E-state index in [-0.39, 0.29) is 5.56 Å². The molecule has 2 aromatic carbocycles. The standard InChI is InChI=1S/C18H17BrFN3O/c1-12-22-16-5-2-3-6-17(16)23(12)10-4-9-21-18(24)14-11-13(19)7-8-15(14)20/h2-3,5-8,11H,4,9-10H2,1H3,(H,21,24). The van der Waals surface area contributed by atoms with E-state index in [1.165, 1.54) is 12.1 Å². The topological polar surface area (TPSA) is 46.9 Å². The van der Waals surface area contributed by atoms with Crippen LogP contribution >= 0.6 is 15.9 Å². The number of nitrogens with zero attached hydrogens (tertiary/aromatic N) is 2. The maximum absolute atomic E-state index is 13.7. The van der Waals surface area contributed by atoms with Crippen LogP contribution in [0.4, 0.5) is 4.39 Å². The summed E-state index contributed by atoms with van der Waals surface area (Å²) < 4.78 is 16.5. The summed E-state index contributed by atoms with van der Waals surface area (Å²) in [6, 6.07) is 12.3. The van der Waals surface area contributed by atoms with E-state index in [0.29, 0.717) is 11.0 Å². The Morgan fingerprint density at radius 3 is 2.92 bits per heavy atom. The van der Waals surface area contributed by atoms with Crippen LogP contribution in [0.2, 0.25) is 0 Å². The van der Waals surface area contributed by atoms with Crippen LogP contribution in [0.5, 0.6) is 0 Å². The number of aryl methyl sites for hydroxylation is 2. The van der Waals surface area contributed by atoms with Crippen molar-refractivity contribution in [3.8, 4) is 0 Å². The van der Waals surface area contributed by atoms with E-state index in [2.05, 4.69) is 30.8 Å². The summed E-state index contributed by atoms with van der Waals surface area (Å²) in [6.45, 7) is 3.18. The van der Waals surface area contributed by atoms with Crippen molar-refractivity contribution in [2.24, 2.45) is 0 Å². The van der Waals surface area contributed by atoms with Gasteiger partial charge in [0.15, 0.2) is 0 Å².